The van der Waals surface area contributed by atoms with Crippen LogP contribution in [0.15, 0.2) is 6.33 Å². The molecule has 1 saturated heterocycles. The zero-order chi connectivity index (χ0) is 12.4. The minimum absolute atomic E-state index is 0.116. The fraction of sp³-hybridized carbons (Fsp3) is 0.667. The van der Waals surface area contributed by atoms with Crippen LogP contribution in [0, 0.1) is 0 Å². The summed E-state index contributed by atoms with van der Waals surface area (Å²) in [5.41, 5.74) is 0.640. The molecule has 0 bridgehead atoms. The van der Waals surface area contributed by atoms with Gasteiger partial charge in [0.25, 0.3) is 0 Å². The second-order valence-corrected chi connectivity index (χ2v) is 4.88. The van der Waals surface area contributed by atoms with Crippen LogP contribution >= 0.6 is 11.6 Å². The van der Waals surface area contributed by atoms with Crippen LogP contribution in [0.3, 0.4) is 0 Å². The first kappa shape index (κ1) is 12.6. The van der Waals surface area contributed by atoms with Crippen LogP contribution in [-0.4, -0.2) is 27.2 Å². The van der Waals surface area contributed by atoms with Crippen molar-refractivity contribution in [3.8, 4) is 0 Å². The first-order valence-electron chi connectivity index (χ1n) is 6.07. The first-order chi connectivity index (χ1) is 8.19. The fourth-order valence-electron chi connectivity index (χ4n) is 2.59. The van der Waals surface area contributed by atoms with Gasteiger partial charge in [-0.1, -0.05) is 18.5 Å². The molecule has 1 N–H and O–H groups in total. The second-order valence-electron chi connectivity index (χ2n) is 4.52. The zero-order valence-electron chi connectivity index (χ0n) is 10.2. The number of rotatable bonds is 3. The zero-order valence-corrected chi connectivity index (χ0v) is 11.0. The lowest BCUT2D eigenvalue weighted by molar-refractivity contribution is 0.281. The van der Waals surface area contributed by atoms with E-state index in [2.05, 4.69) is 28.7 Å². The van der Waals surface area contributed by atoms with Gasteiger partial charge in [0.1, 0.15) is 17.3 Å². The standard InChI is InChI=1S/C12H18ClN3O/c1-3-9-5-4-8(2)16(9)12-10(6-17)11(13)14-7-15-12/h7-9,17H,3-6H2,1-2H3. The summed E-state index contributed by atoms with van der Waals surface area (Å²) in [6, 6.07) is 0.928. The Morgan fingerprint density at radius 3 is 2.88 bits per heavy atom. The highest BCUT2D eigenvalue weighted by atomic mass is 35.5. The third kappa shape index (κ3) is 2.24. The second kappa shape index (κ2) is 5.19. The topological polar surface area (TPSA) is 49.2 Å². The van der Waals surface area contributed by atoms with E-state index in [1.807, 2.05) is 0 Å². The maximum atomic E-state index is 9.41. The molecule has 0 aromatic carbocycles. The molecule has 0 spiro atoms. The summed E-state index contributed by atoms with van der Waals surface area (Å²) in [7, 11) is 0. The summed E-state index contributed by atoms with van der Waals surface area (Å²) in [5.74, 6) is 0.796. The molecule has 0 amide bonds. The molecular weight excluding hydrogens is 238 g/mol. The van der Waals surface area contributed by atoms with Crippen LogP contribution in [0.25, 0.3) is 0 Å². The van der Waals surface area contributed by atoms with Crippen molar-refractivity contribution in [2.45, 2.75) is 51.8 Å². The molecule has 2 rings (SSSR count). The van der Waals surface area contributed by atoms with Crippen LogP contribution in [-0.2, 0) is 6.61 Å². The van der Waals surface area contributed by atoms with E-state index in [1.54, 1.807) is 0 Å². The number of hydrogen-bond acceptors (Lipinski definition) is 4. The van der Waals surface area contributed by atoms with Gasteiger partial charge in [-0.25, -0.2) is 9.97 Å². The van der Waals surface area contributed by atoms with Crippen molar-refractivity contribution in [3.63, 3.8) is 0 Å². The van der Waals surface area contributed by atoms with E-state index in [9.17, 15) is 5.11 Å². The highest BCUT2D eigenvalue weighted by Crippen LogP contribution is 2.34. The number of aliphatic hydroxyl groups excluding tert-OH is 1. The van der Waals surface area contributed by atoms with E-state index < -0.39 is 0 Å². The Morgan fingerprint density at radius 1 is 1.47 bits per heavy atom. The van der Waals surface area contributed by atoms with Crippen LogP contribution in [0.2, 0.25) is 5.15 Å². The van der Waals surface area contributed by atoms with E-state index in [4.69, 9.17) is 11.6 Å². The Kier molecular flexibility index (Phi) is 3.84. The lowest BCUT2D eigenvalue weighted by Gasteiger charge is -2.30. The van der Waals surface area contributed by atoms with Crippen LogP contribution in [0.5, 0.6) is 0 Å². The van der Waals surface area contributed by atoms with Gasteiger partial charge in [0, 0.05) is 12.1 Å². The minimum atomic E-state index is -0.116. The number of aliphatic hydroxyl groups is 1. The molecule has 1 aliphatic rings. The Labute approximate surface area is 107 Å². The molecule has 0 radical (unpaired) electrons. The molecule has 1 aromatic rings. The van der Waals surface area contributed by atoms with E-state index >= 15 is 0 Å². The Bertz CT molecular complexity index is 399. The van der Waals surface area contributed by atoms with Crippen molar-refractivity contribution in [2.75, 3.05) is 4.90 Å². The average molecular weight is 256 g/mol. The Balaban J connectivity index is 2.41. The molecule has 2 atom stereocenters. The summed E-state index contributed by atoms with van der Waals surface area (Å²) in [4.78, 5) is 10.5. The van der Waals surface area contributed by atoms with Crippen molar-refractivity contribution < 1.29 is 5.11 Å². The SMILES string of the molecule is CCC1CCC(C)N1c1ncnc(Cl)c1CO. The molecule has 0 saturated carbocycles. The van der Waals surface area contributed by atoms with Crippen molar-refractivity contribution >= 4 is 17.4 Å². The van der Waals surface area contributed by atoms with E-state index in [0.29, 0.717) is 22.8 Å². The van der Waals surface area contributed by atoms with Gasteiger partial charge in [0.15, 0.2) is 0 Å². The van der Waals surface area contributed by atoms with Crippen molar-refractivity contribution in [1.29, 1.82) is 0 Å². The van der Waals surface area contributed by atoms with Crippen LogP contribution in [0.1, 0.15) is 38.7 Å². The van der Waals surface area contributed by atoms with Gasteiger partial charge >= 0.3 is 0 Å². The minimum Gasteiger partial charge on any atom is -0.391 e. The van der Waals surface area contributed by atoms with Gasteiger partial charge in [0.2, 0.25) is 0 Å². The summed E-state index contributed by atoms with van der Waals surface area (Å²) < 4.78 is 0. The Hall–Kier alpha value is -0.870. The third-order valence-electron chi connectivity index (χ3n) is 3.53. The van der Waals surface area contributed by atoms with Crippen LogP contribution < -0.4 is 4.90 Å². The molecule has 4 nitrogen and oxygen atoms in total. The number of hydrogen-bond donors (Lipinski definition) is 1. The van der Waals surface area contributed by atoms with Gasteiger partial charge in [-0.3, -0.25) is 0 Å². The van der Waals surface area contributed by atoms with Crippen molar-refractivity contribution in [3.05, 3.63) is 17.0 Å². The lowest BCUT2D eigenvalue weighted by Crippen LogP contribution is -2.35. The monoisotopic (exact) mass is 255 g/mol. The highest BCUT2D eigenvalue weighted by molar-refractivity contribution is 6.30. The fourth-order valence-corrected chi connectivity index (χ4v) is 2.78. The maximum Gasteiger partial charge on any atom is 0.140 e. The van der Waals surface area contributed by atoms with Gasteiger partial charge in [-0.15, -0.1) is 0 Å². The molecule has 2 unspecified atom stereocenters. The van der Waals surface area contributed by atoms with Gasteiger partial charge in [0.05, 0.1) is 12.2 Å². The van der Waals surface area contributed by atoms with Gasteiger partial charge < -0.3 is 10.0 Å². The normalized spacial score (nSPS) is 24.4. The molecule has 94 valence electrons. The van der Waals surface area contributed by atoms with Gasteiger partial charge in [-0.2, -0.15) is 0 Å². The molecule has 0 aliphatic carbocycles. The van der Waals surface area contributed by atoms with E-state index in [1.165, 1.54) is 12.7 Å². The summed E-state index contributed by atoms with van der Waals surface area (Å²) in [5, 5.41) is 9.77. The summed E-state index contributed by atoms with van der Waals surface area (Å²) in [6.45, 7) is 4.25. The van der Waals surface area contributed by atoms with Crippen molar-refractivity contribution in [2.24, 2.45) is 0 Å². The number of anilines is 1. The quantitative estimate of drug-likeness (QED) is 0.843. The molecule has 2 heterocycles. The number of aromatic nitrogens is 2. The molecule has 17 heavy (non-hydrogen) atoms. The molecule has 5 heteroatoms. The number of nitrogens with zero attached hydrogens (tertiary/aromatic N) is 3. The molecule has 1 aliphatic heterocycles. The maximum absolute atomic E-state index is 9.41. The largest absolute Gasteiger partial charge is 0.391 e. The Morgan fingerprint density at radius 2 is 2.24 bits per heavy atom. The van der Waals surface area contributed by atoms with E-state index in [-0.39, 0.29) is 6.61 Å². The van der Waals surface area contributed by atoms with Crippen molar-refractivity contribution in [1.82, 2.24) is 9.97 Å². The molecule has 1 aromatic heterocycles. The average Bonchev–Trinajstić information content (AvgIpc) is 2.70. The van der Waals surface area contributed by atoms with E-state index in [0.717, 1.165) is 18.7 Å². The molecule has 1 fully saturated rings. The third-order valence-corrected chi connectivity index (χ3v) is 3.86. The summed E-state index contributed by atoms with van der Waals surface area (Å²) in [6.07, 6.45) is 4.88. The summed E-state index contributed by atoms with van der Waals surface area (Å²) >= 11 is 6.01. The number of halogens is 1. The van der Waals surface area contributed by atoms with Gasteiger partial charge in [-0.05, 0) is 26.2 Å². The predicted octanol–water partition coefficient (Wildman–Crippen LogP) is 2.39. The predicted molar refractivity (Wildman–Crippen MR) is 68.2 cm³/mol. The molecular formula is C12H18ClN3O. The lowest BCUT2D eigenvalue weighted by atomic mass is 10.1. The smallest absolute Gasteiger partial charge is 0.140 e. The van der Waals surface area contributed by atoms with Crippen LogP contribution in [0.4, 0.5) is 5.82 Å². The first-order valence-corrected chi connectivity index (χ1v) is 6.45. The highest BCUT2D eigenvalue weighted by Gasteiger charge is 2.32.